The molecular formula is C14H17N3OS. The van der Waals surface area contributed by atoms with Gasteiger partial charge in [0.05, 0.1) is 0 Å². The summed E-state index contributed by atoms with van der Waals surface area (Å²) in [4.78, 5) is 12.1. The van der Waals surface area contributed by atoms with Crippen LogP contribution < -0.4 is 5.32 Å². The number of hydrogen-bond acceptors (Lipinski definition) is 4. The van der Waals surface area contributed by atoms with Gasteiger partial charge in [0.2, 0.25) is 5.13 Å². The predicted octanol–water partition coefficient (Wildman–Crippen LogP) is 3.36. The number of rotatable bonds is 4. The van der Waals surface area contributed by atoms with Crippen LogP contribution in [0.2, 0.25) is 0 Å². The SMILES string of the molecule is CCCc1nnc(NC(=O)c2cc(C)cc(C)c2)s1. The minimum Gasteiger partial charge on any atom is -0.296 e. The molecular weight excluding hydrogens is 258 g/mol. The van der Waals surface area contributed by atoms with Crippen LogP contribution in [0.5, 0.6) is 0 Å². The summed E-state index contributed by atoms with van der Waals surface area (Å²) in [5.74, 6) is -0.133. The van der Waals surface area contributed by atoms with Crippen molar-refractivity contribution in [1.82, 2.24) is 10.2 Å². The smallest absolute Gasteiger partial charge is 0.257 e. The maximum absolute atomic E-state index is 12.1. The molecule has 0 aliphatic rings. The molecule has 0 unspecified atom stereocenters. The fourth-order valence-electron chi connectivity index (χ4n) is 1.89. The van der Waals surface area contributed by atoms with Gasteiger partial charge >= 0.3 is 0 Å². The first-order valence-corrected chi connectivity index (χ1v) is 7.12. The fourth-order valence-corrected chi connectivity index (χ4v) is 2.73. The molecule has 0 atom stereocenters. The number of amides is 1. The van der Waals surface area contributed by atoms with Gasteiger partial charge in [-0.25, -0.2) is 0 Å². The molecule has 100 valence electrons. The lowest BCUT2D eigenvalue weighted by atomic mass is 10.1. The van der Waals surface area contributed by atoms with Crippen LogP contribution in [0.3, 0.4) is 0 Å². The molecule has 1 aromatic heterocycles. The molecule has 0 spiro atoms. The normalized spacial score (nSPS) is 10.5. The zero-order valence-corrected chi connectivity index (χ0v) is 12.2. The van der Waals surface area contributed by atoms with E-state index in [1.54, 1.807) is 0 Å². The lowest BCUT2D eigenvalue weighted by Gasteiger charge is -2.04. The van der Waals surface area contributed by atoms with Crippen molar-refractivity contribution in [1.29, 1.82) is 0 Å². The molecule has 0 saturated heterocycles. The van der Waals surface area contributed by atoms with E-state index < -0.39 is 0 Å². The number of carbonyl (C=O) groups excluding carboxylic acids is 1. The Bertz CT molecular complexity index is 572. The zero-order valence-electron chi connectivity index (χ0n) is 11.4. The Morgan fingerprint density at radius 1 is 1.21 bits per heavy atom. The van der Waals surface area contributed by atoms with Gasteiger partial charge in [-0.15, -0.1) is 10.2 Å². The van der Waals surface area contributed by atoms with Gasteiger partial charge in [-0.2, -0.15) is 0 Å². The molecule has 5 heteroatoms. The molecule has 0 aliphatic carbocycles. The zero-order chi connectivity index (χ0) is 13.8. The van der Waals surface area contributed by atoms with Crippen molar-refractivity contribution in [3.63, 3.8) is 0 Å². The highest BCUT2D eigenvalue weighted by atomic mass is 32.1. The Labute approximate surface area is 116 Å². The first kappa shape index (κ1) is 13.7. The molecule has 0 fully saturated rings. The number of aryl methyl sites for hydroxylation is 3. The topological polar surface area (TPSA) is 54.9 Å². The van der Waals surface area contributed by atoms with E-state index in [-0.39, 0.29) is 5.91 Å². The summed E-state index contributed by atoms with van der Waals surface area (Å²) in [6, 6.07) is 5.79. The summed E-state index contributed by atoms with van der Waals surface area (Å²) in [7, 11) is 0. The Morgan fingerprint density at radius 2 is 1.89 bits per heavy atom. The summed E-state index contributed by atoms with van der Waals surface area (Å²) in [6.45, 7) is 6.05. The highest BCUT2D eigenvalue weighted by Gasteiger charge is 2.10. The third-order valence-electron chi connectivity index (χ3n) is 2.64. The summed E-state index contributed by atoms with van der Waals surface area (Å²) in [5, 5.41) is 12.3. The number of aromatic nitrogens is 2. The van der Waals surface area contributed by atoms with Crippen LogP contribution in [0, 0.1) is 13.8 Å². The van der Waals surface area contributed by atoms with Gasteiger partial charge in [-0.1, -0.05) is 35.5 Å². The van der Waals surface area contributed by atoms with E-state index in [4.69, 9.17) is 0 Å². The molecule has 0 radical (unpaired) electrons. The van der Waals surface area contributed by atoms with Crippen molar-refractivity contribution in [3.8, 4) is 0 Å². The van der Waals surface area contributed by atoms with Gasteiger partial charge in [0.1, 0.15) is 5.01 Å². The predicted molar refractivity (Wildman–Crippen MR) is 77.8 cm³/mol. The average molecular weight is 275 g/mol. The molecule has 1 amide bonds. The Morgan fingerprint density at radius 3 is 2.53 bits per heavy atom. The van der Waals surface area contributed by atoms with Crippen LogP contribution in [0.25, 0.3) is 0 Å². The van der Waals surface area contributed by atoms with E-state index in [1.807, 2.05) is 32.0 Å². The fraction of sp³-hybridized carbons (Fsp3) is 0.357. The Kier molecular flexibility index (Phi) is 4.27. The van der Waals surface area contributed by atoms with Crippen molar-refractivity contribution >= 4 is 22.4 Å². The van der Waals surface area contributed by atoms with Crippen molar-refractivity contribution in [2.45, 2.75) is 33.6 Å². The number of nitrogens with zero attached hydrogens (tertiary/aromatic N) is 2. The van der Waals surface area contributed by atoms with Gasteiger partial charge in [0.25, 0.3) is 5.91 Å². The number of nitrogens with one attached hydrogen (secondary N) is 1. The van der Waals surface area contributed by atoms with Gasteiger partial charge in [-0.3, -0.25) is 10.1 Å². The molecule has 4 nitrogen and oxygen atoms in total. The summed E-state index contributed by atoms with van der Waals surface area (Å²) in [6.07, 6.45) is 1.93. The van der Waals surface area contributed by atoms with E-state index in [9.17, 15) is 4.79 Å². The van der Waals surface area contributed by atoms with Crippen molar-refractivity contribution in [2.24, 2.45) is 0 Å². The molecule has 1 aromatic carbocycles. The van der Waals surface area contributed by atoms with Crippen molar-refractivity contribution in [3.05, 3.63) is 39.9 Å². The molecule has 2 rings (SSSR count). The van der Waals surface area contributed by atoms with Crippen molar-refractivity contribution in [2.75, 3.05) is 5.32 Å². The lowest BCUT2D eigenvalue weighted by Crippen LogP contribution is -2.12. The van der Waals surface area contributed by atoms with E-state index in [1.165, 1.54) is 11.3 Å². The Balaban J connectivity index is 2.11. The quantitative estimate of drug-likeness (QED) is 0.930. The highest BCUT2D eigenvalue weighted by molar-refractivity contribution is 7.15. The molecule has 1 heterocycles. The van der Waals surface area contributed by atoms with E-state index in [0.29, 0.717) is 10.7 Å². The van der Waals surface area contributed by atoms with Crippen LogP contribution in [0.1, 0.15) is 39.8 Å². The lowest BCUT2D eigenvalue weighted by molar-refractivity contribution is 0.102. The first-order valence-electron chi connectivity index (χ1n) is 6.30. The van der Waals surface area contributed by atoms with Crippen LogP contribution in [-0.4, -0.2) is 16.1 Å². The van der Waals surface area contributed by atoms with Crippen molar-refractivity contribution < 1.29 is 4.79 Å². The number of hydrogen-bond donors (Lipinski definition) is 1. The minimum absolute atomic E-state index is 0.133. The summed E-state index contributed by atoms with van der Waals surface area (Å²) in [5.41, 5.74) is 2.81. The number of benzene rings is 1. The third kappa shape index (κ3) is 3.61. The number of carbonyl (C=O) groups is 1. The van der Waals surface area contributed by atoms with Gasteiger partial charge in [0.15, 0.2) is 0 Å². The Hall–Kier alpha value is -1.75. The molecule has 2 aromatic rings. The standard InChI is InChI=1S/C14H17N3OS/c1-4-5-12-16-17-14(19-12)15-13(18)11-7-9(2)6-10(3)8-11/h6-8H,4-5H2,1-3H3,(H,15,17,18). The second-order valence-corrected chi connectivity index (χ2v) is 5.64. The average Bonchev–Trinajstić information content (AvgIpc) is 2.76. The van der Waals surface area contributed by atoms with E-state index >= 15 is 0 Å². The molecule has 0 aliphatic heterocycles. The van der Waals surface area contributed by atoms with Gasteiger partial charge in [0, 0.05) is 12.0 Å². The van der Waals surface area contributed by atoms with Crippen LogP contribution >= 0.6 is 11.3 Å². The second kappa shape index (κ2) is 5.93. The molecule has 19 heavy (non-hydrogen) atoms. The maximum atomic E-state index is 12.1. The number of anilines is 1. The van der Waals surface area contributed by atoms with E-state index in [0.717, 1.165) is 29.0 Å². The minimum atomic E-state index is -0.133. The molecule has 0 bridgehead atoms. The van der Waals surface area contributed by atoms with Crippen LogP contribution in [-0.2, 0) is 6.42 Å². The maximum Gasteiger partial charge on any atom is 0.257 e. The molecule has 1 N–H and O–H groups in total. The van der Waals surface area contributed by atoms with Gasteiger partial charge < -0.3 is 0 Å². The summed E-state index contributed by atoms with van der Waals surface area (Å²) >= 11 is 1.43. The largest absolute Gasteiger partial charge is 0.296 e. The van der Waals surface area contributed by atoms with Gasteiger partial charge in [-0.05, 0) is 32.4 Å². The second-order valence-electron chi connectivity index (χ2n) is 4.58. The van der Waals surface area contributed by atoms with Crippen LogP contribution in [0.15, 0.2) is 18.2 Å². The highest BCUT2D eigenvalue weighted by Crippen LogP contribution is 2.18. The molecule has 0 saturated carbocycles. The summed E-state index contributed by atoms with van der Waals surface area (Å²) < 4.78 is 0. The monoisotopic (exact) mass is 275 g/mol. The van der Waals surface area contributed by atoms with Crippen LogP contribution in [0.4, 0.5) is 5.13 Å². The first-order chi connectivity index (χ1) is 9.08. The third-order valence-corrected chi connectivity index (χ3v) is 3.53. The van der Waals surface area contributed by atoms with E-state index in [2.05, 4.69) is 22.4 Å².